The van der Waals surface area contributed by atoms with Crippen molar-refractivity contribution in [3.63, 3.8) is 0 Å². The minimum absolute atomic E-state index is 0.0162. The summed E-state index contributed by atoms with van der Waals surface area (Å²) in [7, 11) is 0. The lowest BCUT2D eigenvalue weighted by molar-refractivity contribution is -0.137. The van der Waals surface area contributed by atoms with Gasteiger partial charge >= 0.3 is 6.18 Å². The van der Waals surface area contributed by atoms with Crippen LogP contribution in [-0.4, -0.2) is 31.2 Å². The molecular weight excluding hydrogens is 636 g/mol. The number of para-hydroxylation sites is 1. The number of nitrogens with zero attached hydrogens (tertiary/aromatic N) is 3. The van der Waals surface area contributed by atoms with Crippen LogP contribution in [0.5, 0.6) is 0 Å². The smallest absolute Gasteiger partial charge is 0.318 e. The van der Waals surface area contributed by atoms with Crippen LogP contribution in [-0.2, 0) is 6.18 Å². The Balaban J connectivity index is 1.25. The third kappa shape index (κ3) is 6.67. The molecule has 2 aromatic heterocycles. The maximum Gasteiger partial charge on any atom is 0.416 e. The number of aryl methyl sites for hydroxylation is 1. The van der Waals surface area contributed by atoms with E-state index in [-0.39, 0.29) is 10.9 Å². The summed E-state index contributed by atoms with van der Waals surface area (Å²) in [5.41, 5.74) is 4.34. The zero-order valence-electron chi connectivity index (χ0n) is 25.7. The van der Waals surface area contributed by atoms with Gasteiger partial charge in [0, 0.05) is 45.4 Å². The zero-order chi connectivity index (χ0) is 34.0. The van der Waals surface area contributed by atoms with Gasteiger partial charge < -0.3 is 9.88 Å². The number of aromatic nitrogens is 3. The second-order valence-corrected chi connectivity index (χ2v) is 11.4. The van der Waals surface area contributed by atoms with Crippen LogP contribution in [0.1, 0.15) is 43.2 Å². The fraction of sp³-hybridized carbons (Fsp3) is 0.0811. The summed E-state index contributed by atoms with van der Waals surface area (Å²) in [5, 5.41) is 10.6. The normalized spacial score (nSPS) is 11.3. The van der Waals surface area contributed by atoms with Gasteiger partial charge in [-0.15, -0.1) is 0 Å². The monoisotopic (exact) mass is 663 g/mol. The molecule has 0 bridgehead atoms. The molecule has 0 aliphatic carbocycles. The second kappa shape index (κ2) is 13.1. The molecule has 6 aromatic rings. The Morgan fingerprint density at radius 2 is 1.33 bits per heavy atom. The third-order valence-electron chi connectivity index (χ3n) is 7.76. The Bertz CT molecular complexity index is 2140. The van der Waals surface area contributed by atoms with Crippen molar-refractivity contribution in [2.75, 3.05) is 5.32 Å². The van der Waals surface area contributed by atoms with E-state index in [1.165, 1.54) is 6.07 Å². The number of hydrogen-bond acceptors (Lipinski definition) is 4. The molecule has 48 heavy (non-hydrogen) atoms. The minimum atomic E-state index is -4.47. The summed E-state index contributed by atoms with van der Waals surface area (Å²) in [6.45, 7) is 3.64. The molecule has 0 aliphatic rings. The van der Waals surface area contributed by atoms with Gasteiger partial charge in [-0.25, -0.2) is 4.68 Å². The number of nitrogens with one attached hydrogen (secondary N) is 2. The van der Waals surface area contributed by atoms with Gasteiger partial charge in [-0.1, -0.05) is 66.7 Å². The molecule has 6 rings (SSSR count). The number of ketones is 1. The summed E-state index contributed by atoms with van der Waals surface area (Å²) in [6, 6.07) is 33.2. The van der Waals surface area contributed by atoms with E-state index in [2.05, 4.69) is 10.6 Å². The summed E-state index contributed by atoms with van der Waals surface area (Å²) in [5.74, 6) is -0.170. The average molecular weight is 664 g/mol. The van der Waals surface area contributed by atoms with Crippen molar-refractivity contribution in [3.05, 3.63) is 155 Å². The maximum absolute atomic E-state index is 13.5. The van der Waals surface area contributed by atoms with Gasteiger partial charge in [-0.05, 0) is 74.6 Å². The molecule has 0 aliphatic heterocycles. The number of carbonyl (C=O) groups excluding carboxylic acids is 2. The quantitative estimate of drug-likeness (QED) is 0.133. The summed E-state index contributed by atoms with van der Waals surface area (Å²) in [6.07, 6.45) is -4.47. The molecule has 7 nitrogen and oxygen atoms in total. The lowest BCUT2D eigenvalue weighted by atomic mass is 10.0. The zero-order valence-corrected chi connectivity index (χ0v) is 26.6. The number of rotatable bonds is 7. The molecule has 0 saturated carbocycles. The Hall–Kier alpha value is -5.81. The van der Waals surface area contributed by atoms with E-state index in [4.69, 9.17) is 17.3 Å². The van der Waals surface area contributed by atoms with Crippen LogP contribution in [0.25, 0.3) is 22.6 Å². The molecular formula is C37H28F3N5O2S. The van der Waals surface area contributed by atoms with Crippen LogP contribution in [0.2, 0.25) is 0 Å². The second-order valence-electron chi connectivity index (χ2n) is 11.0. The first-order valence-corrected chi connectivity index (χ1v) is 15.2. The van der Waals surface area contributed by atoms with Crippen molar-refractivity contribution in [3.8, 4) is 22.6 Å². The average Bonchev–Trinajstić information content (AvgIpc) is 3.63. The molecule has 2 heterocycles. The third-order valence-corrected chi connectivity index (χ3v) is 7.97. The molecule has 0 saturated heterocycles. The molecule has 11 heteroatoms. The van der Waals surface area contributed by atoms with Crippen molar-refractivity contribution in [1.29, 1.82) is 0 Å². The summed E-state index contributed by atoms with van der Waals surface area (Å²) < 4.78 is 43.8. The van der Waals surface area contributed by atoms with E-state index in [1.807, 2.05) is 56.3 Å². The first-order chi connectivity index (χ1) is 23.0. The first kappa shape index (κ1) is 32.1. The molecule has 1 amide bonds. The van der Waals surface area contributed by atoms with E-state index in [0.29, 0.717) is 50.8 Å². The Labute approximate surface area is 279 Å². The Morgan fingerprint density at radius 3 is 2.00 bits per heavy atom. The SMILES string of the molecule is Cc1cc(-c2cc(NC(=S)NC(=O)c3ccc(C(=O)c4ccccc4)cc3)n(-c3ccccc3)n2)c(C)n1-c1cccc(C(F)(F)F)c1. The van der Waals surface area contributed by atoms with Crippen LogP contribution < -0.4 is 10.6 Å². The van der Waals surface area contributed by atoms with Crippen molar-refractivity contribution < 1.29 is 22.8 Å². The highest BCUT2D eigenvalue weighted by Crippen LogP contribution is 2.34. The lowest BCUT2D eigenvalue weighted by Crippen LogP contribution is -2.34. The Kier molecular flexibility index (Phi) is 8.79. The fourth-order valence-corrected chi connectivity index (χ4v) is 5.66. The Morgan fingerprint density at radius 1 is 0.729 bits per heavy atom. The van der Waals surface area contributed by atoms with Crippen LogP contribution in [0.4, 0.5) is 19.0 Å². The minimum Gasteiger partial charge on any atom is -0.318 e. The first-order valence-electron chi connectivity index (χ1n) is 14.8. The van der Waals surface area contributed by atoms with Gasteiger partial charge in [0.2, 0.25) is 0 Å². The van der Waals surface area contributed by atoms with Crippen molar-refractivity contribution >= 4 is 34.8 Å². The number of halogens is 3. The molecule has 0 spiro atoms. The van der Waals surface area contributed by atoms with Gasteiger partial charge in [0.25, 0.3) is 5.91 Å². The van der Waals surface area contributed by atoms with Crippen molar-refractivity contribution in [2.45, 2.75) is 20.0 Å². The number of hydrogen-bond donors (Lipinski definition) is 2. The molecule has 240 valence electrons. The van der Waals surface area contributed by atoms with E-state index < -0.39 is 17.6 Å². The van der Waals surface area contributed by atoms with Crippen LogP contribution in [0, 0.1) is 13.8 Å². The van der Waals surface area contributed by atoms with Gasteiger partial charge in [-0.2, -0.15) is 18.3 Å². The topological polar surface area (TPSA) is 80.9 Å². The van der Waals surface area contributed by atoms with Crippen molar-refractivity contribution in [1.82, 2.24) is 19.7 Å². The van der Waals surface area contributed by atoms with Crippen LogP contribution >= 0.6 is 12.2 Å². The number of thiocarbonyl (C=S) groups is 1. The van der Waals surface area contributed by atoms with E-state index in [9.17, 15) is 22.8 Å². The molecule has 0 fully saturated rings. The molecule has 2 N–H and O–H groups in total. The summed E-state index contributed by atoms with van der Waals surface area (Å²) >= 11 is 5.50. The van der Waals surface area contributed by atoms with Gasteiger partial charge in [0.1, 0.15) is 5.82 Å². The predicted octanol–water partition coefficient (Wildman–Crippen LogP) is 8.32. The van der Waals surface area contributed by atoms with Crippen LogP contribution in [0.15, 0.2) is 121 Å². The molecule has 0 atom stereocenters. The highest BCUT2D eigenvalue weighted by Gasteiger charge is 2.31. The highest BCUT2D eigenvalue weighted by molar-refractivity contribution is 7.80. The number of anilines is 1. The van der Waals surface area contributed by atoms with E-state index in [1.54, 1.807) is 69.9 Å². The number of benzene rings is 4. The van der Waals surface area contributed by atoms with Gasteiger partial charge in [0.15, 0.2) is 10.9 Å². The number of alkyl halides is 3. The lowest BCUT2D eigenvalue weighted by Gasteiger charge is -2.13. The number of amides is 1. The molecule has 4 aromatic carbocycles. The molecule has 0 radical (unpaired) electrons. The maximum atomic E-state index is 13.5. The standard InChI is InChI=1S/C37H28F3N5O2S/c1-23-20-31(24(2)44(23)30-15-9-12-28(21-30)37(38,39)40)32-22-33(45(43-32)29-13-7-4-8-14-29)41-36(48)42-35(47)27-18-16-26(17-19-27)34(46)25-10-5-3-6-11-25/h3-22H,1-2H3,(H2,41,42,47,48). The van der Waals surface area contributed by atoms with E-state index in [0.717, 1.165) is 17.8 Å². The van der Waals surface area contributed by atoms with Crippen LogP contribution in [0.3, 0.4) is 0 Å². The number of carbonyl (C=O) groups is 2. The summed E-state index contributed by atoms with van der Waals surface area (Å²) in [4.78, 5) is 25.8. The largest absolute Gasteiger partial charge is 0.416 e. The predicted molar refractivity (Wildman–Crippen MR) is 183 cm³/mol. The van der Waals surface area contributed by atoms with E-state index >= 15 is 0 Å². The molecule has 0 unspecified atom stereocenters. The van der Waals surface area contributed by atoms with Gasteiger partial charge in [-0.3, -0.25) is 14.9 Å². The van der Waals surface area contributed by atoms with Crippen molar-refractivity contribution in [2.24, 2.45) is 0 Å². The highest BCUT2D eigenvalue weighted by atomic mass is 32.1. The van der Waals surface area contributed by atoms with Gasteiger partial charge in [0.05, 0.1) is 16.9 Å². The fourth-order valence-electron chi connectivity index (χ4n) is 5.46.